The van der Waals surface area contributed by atoms with E-state index in [2.05, 4.69) is 10.4 Å². The lowest BCUT2D eigenvalue weighted by Gasteiger charge is -2.13. The van der Waals surface area contributed by atoms with Crippen LogP contribution in [0.1, 0.15) is 21.8 Å². The molecule has 0 spiro atoms. The van der Waals surface area contributed by atoms with Gasteiger partial charge in [0.05, 0.1) is 22.0 Å². The van der Waals surface area contributed by atoms with Crippen LogP contribution in [-0.4, -0.2) is 30.4 Å². The van der Waals surface area contributed by atoms with E-state index in [0.717, 1.165) is 41.3 Å². The summed E-state index contributed by atoms with van der Waals surface area (Å²) in [6.45, 7) is 1.57. The molecule has 1 amide bonds. The van der Waals surface area contributed by atoms with E-state index in [1.165, 1.54) is 6.07 Å². The number of aromatic nitrogens is 2. The van der Waals surface area contributed by atoms with Crippen molar-refractivity contribution in [3.05, 3.63) is 58.4 Å². The van der Waals surface area contributed by atoms with Crippen LogP contribution in [0.25, 0.3) is 5.69 Å². The van der Waals surface area contributed by atoms with Gasteiger partial charge in [-0.25, -0.2) is 13.1 Å². The van der Waals surface area contributed by atoms with Crippen LogP contribution >= 0.6 is 11.6 Å². The van der Waals surface area contributed by atoms with Crippen molar-refractivity contribution in [3.63, 3.8) is 0 Å². The standard InChI is InChI=1S/C17H13ClF3N3O4S/c1-9-7-14(22-16(25)13-5-6-15(28-13)29(2,26)27)24(23-9)12-8-10(17(19,20)21)3-4-11(12)18/h3-8H,1-2H3,(H,22,25). The smallest absolute Gasteiger partial charge is 0.416 e. The minimum absolute atomic E-state index is 0.0195. The number of hydrogen-bond acceptors (Lipinski definition) is 5. The zero-order valence-electron chi connectivity index (χ0n) is 14.9. The topological polar surface area (TPSA) is 94.2 Å². The largest absolute Gasteiger partial charge is 0.440 e. The third-order valence-corrected chi connectivity index (χ3v) is 5.02. The molecule has 0 fully saturated rings. The van der Waals surface area contributed by atoms with Gasteiger partial charge in [0.15, 0.2) is 5.76 Å². The van der Waals surface area contributed by atoms with Gasteiger partial charge in [-0.15, -0.1) is 0 Å². The predicted octanol–water partition coefficient (Wildman–Crippen LogP) is 4.10. The number of halogens is 4. The van der Waals surface area contributed by atoms with Crippen LogP contribution < -0.4 is 5.32 Å². The first kappa shape index (κ1) is 20.9. The van der Waals surface area contributed by atoms with Crippen LogP contribution in [0.5, 0.6) is 0 Å². The molecule has 12 heteroatoms. The highest BCUT2D eigenvalue weighted by Crippen LogP contribution is 2.34. The number of amides is 1. The summed E-state index contributed by atoms with van der Waals surface area (Å²) >= 11 is 6.04. The fraction of sp³-hybridized carbons (Fsp3) is 0.176. The average Bonchev–Trinajstić information content (AvgIpc) is 3.21. The number of rotatable bonds is 4. The summed E-state index contributed by atoms with van der Waals surface area (Å²) in [6.07, 6.45) is -3.68. The Bertz CT molecular complexity index is 1200. The predicted molar refractivity (Wildman–Crippen MR) is 98.1 cm³/mol. The van der Waals surface area contributed by atoms with E-state index in [9.17, 15) is 26.4 Å². The second-order valence-corrected chi connectivity index (χ2v) is 8.45. The first-order valence-electron chi connectivity index (χ1n) is 7.91. The fourth-order valence-electron chi connectivity index (χ4n) is 2.44. The molecule has 0 atom stereocenters. The van der Waals surface area contributed by atoms with Gasteiger partial charge < -0.3 is 9.73 Å². The number of carbonyl (C=O) groups excluding carboxylic acids is 1. The lowest BCUT2D eigenvalue weighted by Crippen LogP contribution is -2.15. The van der Waals surface area contributed by atoms with Crippen molar-refractivity contribution in [2.24, 2.45) is 0 Å². The van der Waals surface area contributed by atoms with E-state index in [0.29, 0.717) is 5.69 Å². The molecule has 0 saturated heterocycles. The molecular formula is C17H13ClF3N3O4S. The normalized spacial score (nSPS) is 12.2. The number of nitrogens with zero attached hydrogens (tertiary/aromatic N) is 2. The second-order valence-electron chi connectivity index (χ2n) is 6.09. The molecule has 0 aliphatic heterocycles. The molecule has 0 aliphatic rings. The number of aryl methyl sites for hydroxylation is 1. The molecule has 2 aromatic heterocycles. The van der Waals surface area contributed by atoms with Crippen LogP contribution in [0.4, 0.5) is 19.0 Å². The maximum absolute atomic E-state index is 13.0. The molecular weight excluding hydrogens is 435 g/mol. The monoisotopic (exact) mass is 447 g/mol. The number of sulfone groups is 1. The Morgan fingerprint density at radius 3 is 2.48 bits per heavy atom. The van der Waals surface area contributed by atoms with Crippen LogP contribution in [0.15, 0.2) is 45.9 Å². The van der Waals surface area contributed by atoms with E-state index in [4.69, 9.17) is 16.0 Å². The van der Waals surface area contributed by atoms with Crippen LogP contribution in [0.3, 0.4) is 0 Å². The highest BCUT2D eigenvalue weighted by atomic mass is 35.5. The van der Waals surface area contributed by atoms with Crippen LogP contribution in [0.2, 0.25) is 5.02 Å². The van der Waals surface area contributed by atoms with Gasteiger partial charge in [-0.3, -0.25) is 4.79 Å². The molecule has 0 saturated carbocycles. The Morgan fingerprint density at radius 1 is 1.21 bits per heavy atom. The summed E-state index contributed by atoms with van der Waals surface area (Å²) in [6, 6.07) is 6.41. The van der Waals surface area contributed by atoms with Crippen molar-refractivity contribution in [1.29, 1.82) is 0 Å². The zero-order valence-corrected chi connectivity index (χ0v) is 16.5. The Kier molecular flexibility index (Phi) is 5.22. The Balaban J connectivity index is 1.98. The summed E-state index contributed by atoms with van der Waals surface area (Å²) in [5.41, 5.74) is -0.641. The van der Waals surface area contributed by atoms with E-state index >= 15 is 0 Å². The minimum atomic E-state index is -4.60. The summed E-state index contributed by atoms with van der Waals surface area (Å²) in [5.74, 6) is -1.10. The molecule has 0 unspecified atom stereocenters. The van der Waals surface area contributed by atoms with Crippen molar-refractivity contribution < 1.29 is 30.8 Å². The lowest BCUT2D eigenvalue weighted by atomic mass is 10.2. The van der Waals surface area contributed by atoms with Gasteiger partial charge in [0.1, 0.15) is 5.82 Å². The van der Waals surface area contributed by atoms with Crippen LogP contribution in [-0.2, 0) is 16.0 Å². The highest BCUT2D eigenvalue weighted by Gasteiger charge is 2.31. The highest BCUT2D eigenvalue weighted by molar-refractivity contribution is 7.90. The van der Waals surface area contributed by atoms with Crippen molar-refractivity contribution in [1.82, 2.24) is 9.78 Å². The van der Waals surface area contributed by atoms with Gasteiger partial charge in [-0.05, 0) is 37.3 Å². The number of carbonyl (C=O) groups is 1. The van der Waals surface area contributed by atoms with E-state index in [-0.39, 0.29) is 22.3 Å². The minimum Gasteiger partial charge on any atom is -0.440 e. The summed E-state index contributed by atoms with van der Waals surface area (Å²) in [4.78, 5) is 12.4. The number of nitrogens with one attached hydrogen (secondary N) is 1. The van der Waals surface area contributed by atoms with Gasteiger partial charge >= 0.3 is 6.18 Å². The average molecular weight is 448 g/mol. The van der Waals surface area contributed by atoms with E-state index in [1.807, 2.05) is 0 Å². The Morgan fingerprint density at radius 2 is 1.90 bits per heavy atom. The number of anilines is 1. The summed E-state index contributed by atoms with van der Waals surface area (Å²) < 4.78 is 68.2. The summed E-state index contributed by atoms with van der Waals surface area (Å²) in [7, 11) is -3.65. The molecule has 2 heterocycles. The van der Waals surface area contributed by atoms with Gasteiger partial charge in [-0.1, -0.05) is 11.6 Å². The molecule has 1 N–H and O–H groups in total. The fourth-order valence-corrected chi connectivity index (χ4v) is 3.20. The molecule has 7 nitrogen and oxygen atoms in total. The third-order valence-electron chi connectivity index (χ3n) is 3.75. The molecule has 1 aromatic carbocycles. The van der Waals surface area contributed by atoms with Gasteiger partial charge in [-0.2, -0.15) is 18.3 Å². The van der Waals surface area contributed by atoms with Gasteiger partial charge in [0.2, 0.25) is 14.9 Å². The van der Waals surface area contributed by atoms with E-state index < -0.39 is 32.6 Å². The number of furan rings is 1. The Hall–Kier alpha value is -2.79. The lowest BCUT2D eigenvalue weighted by molar-refractivity contribution is -0.137. The van der Waals surface area contributed by atoms with E-state index in [1.54, 1.807) is 6.92 Å². The van der Waals surface area contributed by atoms with Crippen LogP contribution in [0, 0.1) is 6.92 Å². The van der Waals surface area contributed by atoms with Gasteiger partial charge in [0, 0.05) is 12.3 Å². The maximum Gasteiger partial charge on any atom is 0.416 e. The third kappa shape index (κ3) is 4.46. The number of benzene rings is 1. The molecule has 3 rings (SSSR count). The van der Waals surface area contributed by atoms with Crippen molar-refractivity contribution in [3.8, 4) is 5.69 Å². The molecule has 154 valence electrons. The molecule has 29 heavy (non-hydrogen) atoms. The Labute approximate surface area is 168 Å². The molecule has 0 aliphatic carbocycles. The number of alkyl halides is 3. The van der Waals surface area contributed by atoms with Gasteiger partial charge in [0.25, 0.3) is 5.91 Å². The van der Waals surface area contributed by atoms with Crippen molar-refractivity contribution in [2.45, 2.75) is 18.2 Å². The van der Waals surface area contributed by atoms with Crippen molar-refractivity contribution in [2.75, 3.05) is 11.6 Å². The summed E-state index contributed by atoms with van der Waals surface area (Å²) in [5, 5.41) is 6.09. The SMILES string of the molecule is Cc1cc(NC(=O)c2ccc(S(C)(=O)=O)o2)n(-c2cc(C(F)(F)F)ccc2Cl)n1. The maximum atomic E-state index is 13.0. The molecule has 0 bridgehead atoms. The molecule has 0 radical (unpaired) electrons. The number of hydrogen-bond donors (Lipinski definition) is 1. The zero-order chi connectivity index (χ0) is 21.6. The molecule has 3 aromatic rings. The quantitative estimate of drug-likeness (QED) is 0.649. The first-order chi connectivity index (χ1) is 13.4. The van der Waals surface area contributed by atoms with Crippen molar-refractivity contribution >= 4 is 33.2 Å². The second kappa shape index (κ2) is 7.23. The first-order valence-corrected chi connectivity index (χ1v) is 10.2.